The molecule has 3 atom stereocenters. The van der Waals surface area contributed by atoms with Crippen molar-refractivity contribution >= 4 is 35.5 Å². The fourth-order valence-electron chi connectivity index (χ4n) is 2.66. The number of carboxylic acid groups (broad SMARTS) is 1. The summed E-state index contributed by atoms with van der Waals surface area (Å²) in [5.41, 5.74) is 6.55. The number of carboxylic acids is 1. The van der Waals surface area contributed by atoms with Gasteiger partial charge in [-0.15, -0.1) is 0 Å². The molecule has 0 aromatic heterocycles. The lowest BCUT2D eigenvalue weighted by Gasteiger charge is -2.22. The lowest BCUT2D eigenvalue weighted by molar-refractivity contribution is -0.142. The Hall–Kier alpha value is -2.59. The second-order valence-corrected chi connectivity index (χ2v) is 8.46. The molecule has 3 unspecified atom stereocenters. The van der Waals surface area contributed by atoms with E-state index in [1.807, 2.05) is 12.3 Å². The van der Waals surface area contributed by atoms with Crippen molar-refractivity contribution in [1.29, 1.82) is 0 Å². The number of amides is 3. The smallest absolute Gasteiger partial charge is 0.326 e. The molecule has 0 aliphatic heterocycles. The Labute approximate surface area is 186 Å². The molecular weight excluding hydrogens is 420 g/mol. The Morgan fingerprint density at radius 2 is 1.68 bits per heavy atom. The van der Waals surface area contributed by atoms with Gasteiger partial charge in [0.1, 0.15) is 12.1 Å². The van der Waals surface area contributed by atoms with E-state index in [1.54, 1.807) is 38.1 Å². The number of thioether (sulfide) groups is 1. The average molecular weight is 453 g/mol. The van der Waals surface area contributed by atoms with Crippen LogP contribution in [0.1, 0.15) is 25.8 Å². The first kappa shape index (κ1) is 26.4. The van der Waals surface area contributed by atoms with Gasteiger partial charge in [-0.2, -0.15) is 11.8 Å². The molecule has 6 N–H and O–H groups in total. The van der Waals surface area contributed by atoms with Gasteiger partial charge in [-0.1, -0.05) is 44.2 Å². The molecule has 0 bridgehead atoms. The number of nitrogens with one attached hydrogen (secondary N) is 3. The van der Waals surface area contributed by atoms with Crippen molar-refractivity contribution in [3.8, 4) is 0 Å². The third kappa shape index (κ3) is 9.84. The van der Waals surface area contributed by atoms with E-state index in [0.717, 1.165) is 5.56 Å². The van der Waals surface area contributed by atoms with Gasteiger partial charge in [-0.05, 0) is 29.9 Å². The molecule has 0 aliphatic rings. The van der Waals surface area contributed by atoms with Crippen LogP contribution in [0.25, 0.3) is 0 Å². The SMILES string of the molecule is CSCCC(NC(=O)C(Cc1ccccc1)NC(=O)CNC(=O)C(N)C(C)C)C(=O)O. The molecule has 0 heterocycles. The van der Waals surface area contributed by atoms with Crippen LogP contribution in [0.3, 0.4) is 0 Å². The van der Waals surface area contributed by atoms with Gasteiger partial charge in [-0.3, -0.25) is 14.4 Å². The summed E-state index contributed by atoms with van der Waals surface area (Å²) in [6.07, 6.45) is 2.28. The van der Waals surface area contributed by atoms with Gasteiger partial charge in [0.15, 0.2) is 0 Å². The number of rotatable bonds is 13. The van der Waals surface area contributed by atoms with Gasteiger partial charge in [-0.25, -0.2) is 4.79 Å². The average Bonchev–Trinajstić information content (AvgIpc) is 2.74. The summed E-state index contributed by atoms with van der Waals surface area (Å²) in [6, 6.07) is 6.24. The van der Waals surface area contributed by atoms with Crippen molar-refractivity contribution in [2.75, 3.05) is 18.6 Å². The molecule has 0 saturated carbocycles. The zero-order valence-electron chi connectivity index (χ0n) is 18.1. The van der Waals surface area contributed by atoms with Crippen molar-refractivity contribution in [3.05, 3.63) is 35.9 Å². The van der Waals surface area contributed by atoms with E-state index in [4.69, 9.17) is 5.73 Å². The highest BCUT2D eigenvalue weighted by Gasteiger charge is 2.27. The minimum absolute atomic E-state index is 0.0890. The maximum absolute atomic E-state index is 12.8. The number of carbonyl (C=O) groups excluding carboxylic acids is 3. The summed E-state index contributed by atoms with van der Waals surface area (Å²) in [6.45, 7) is 3.24. The van der Waals surface area contributed by atoms with Crippen LogP contribution in [0, 0.1) is 5.92 Å². The molecule has 1 aromatic rings. The number of hydrogen-bond acceptors (Lipinski definition) is 6. The first-order valence-corrected chi connectivity index (χ1v) is 11.4. The molecule has 1 rings (SSSR count). The maximum atomic E-state index is 12.8. The second kappa shape index (κ2) is 13.7. The summed E-state index contributed by atoms with van der Waals surface area (Å²) >= 11 is 1.47. The van der Waals surface area contributed by atoms with Crippen LogP contribution >= 0.6 is 11.8 Å². The maximum Gasteiger partial charge on any atom is 0.326 e. The number of nitrogens with two attached hydrogens (primary N) is 1. The van der Waals surface area contributed by atoms with Crippen LogP contribution in [-0.2, 0) is 25.6 Å². The number of carbonyl (C=O) groups is 4. The Morgan fingerprint density at radius 3 is 2.23 bits per heavy atom. The number of aliphatic carboxylic acids is 1. The van der Waals surface area contributed by atoms with E-state index < -0.39 is 41.8 Å². The molecule has 0 radical (unpaired) electrons. The molecule has 0 saturated heterocycles. The predicted octanol–water partition coefficient (Wildman–Crippen LogP) is 0.136. The molecule has 0 fully saturated rings. The molecule has 0 aliphatic carbocycles. The highest BCUT2D eigenvalue weighted by molar-refractivity contribution is 7.98. The fraction of sp³-hybridized carbons (Fsp3) is 0.524. The quantitative estimate of drug-likeness (QED) is 0.285. The third-order valence-corrected chi connectivity index (χ3v) is 5.25. The third-order valence-electron chi connectivity index (χ3n) is 4.60. The lowest BCUT2D eigenvalue weighted by Crippen LogP contribution is -2.54. The number of hydrogen-bond donors (Lipinski definition) is 5. The summed E-state index contributed by atoms with van der Waals surface area (Å²) in [5.74, 6) is -2.30. The van der Waals surface area contributed by atoms with Gasteiger partial charge in [0, 0.05) is 6.42 Å². The van der Waals surface area contributed by atoms with E-state index in [-0.39, 0.29) is 25.3 Å². The van der Waals surface area contributed by atoms with Crippen LogP contribution in [-0.4, -0.2) is 65.5 Å². The van der Waals surface area contributed by atoms with Crippen molar-refractivity contribution in [2.24, 2.45) is 11.7 Å². The predicted molar refractivity (Wildman–Crippen MR) is 120 cm³/mol. The highest BCUT2D eigenvalue weighted by Crippen LogP contribution is 2.06. The van der Waals surface area contributed by atoms with E-state index in [9.17, 15) is 24.3 Å². The zero-order valence-corrected chi connectivity index (χ0v) is 18.9. The van der Waals surface area contributed by atoms with Gasteiger partial charge in [0.2, 0.25) is 17.7 Å². The Morgan fingerprint density at radius 1 is 1.03 bits per heavy atom. The Kier molecular flexibility index (Phi) is 11.7. The first-order valence-electron chi connectivity index (χ1n) is 10.0. The topological polar surface area (TPSA) is 151 Å². The van der Waals surface area contributed by atoms with E-state index in [2.05, 4.69) is 16.0 Å². The molecule has 31 heavy (non-hydrogen) atoms. The summed E-state index contributed by atoms with van der Waals surface area (Å²) < 4.78 is 0. The monoisotopic (exact) mass is 452 g/mol. The minimum Gasteiger partial charge on any atom is -0.480 e. The van der Waals surface area contributed by atoms with E-state index in [0.29, 0.717) is 5.75 Å². The standard InChI is InChI=1S/C21H32N4O5S/c1-13(2)18(22)20(28)23-12-17(26)24-16(11-14-7-5-4-6-8-14)19(27)25-15(21(29)30)9-10-31-3/h4-8,13,15-16,18H,9-12,22H2,1-3H3,(H,23,28)(H,24,26)(H,25,27)(H,29,30). The van der Waals surface area contributed by atoms with Gasteiger partial charge in [0.05, 0.1) is 12.6 Å². The van der Waals surface area contributed by atoms with Crippen LogP contribution in [0.2, 0.25) is 0 Å². The molecule has 3 amide bonds. The first-order chi connectivity index (χ1) is 14.6. The Balaban J connectivity index is 2.83. The lowest BCUT2D eigenvalue weighted by atomic mass is 10.0. The summed E-state index contributed by atoms with van der Waals surface area (Å²) in [5, 5.41) is 16.9. The minimum atomic E-state index is -1.14. The zero-order chi connectivity index (χ0) is 23.4. The molecule has 0 spiro atoms. The molecule has 1 aromatic carbocycles. The van der Waals surface area contributed by atoms with E-state index >= 15 is 0 Å². The van der Waals surface area contributed by atoms with Gasteiger partial charge in [0.25, 0.3) is 0 Å². The van der Waals surface area contributed by atoms with Crippen molar-refractivity contribution in [1.82, 2.24) is 16.0 Å². The molecule has 172 valence electrons. The second-order valence-electron chi connectivity index (χ2n) is 7.48. The summed E-state index contributed by atoms with van der Waals surface area (Å²) in [7, 11) is 0. The largest absolute Gasteiger partial charge is 0.480 e. The highest BCUT2D eigenvalue weighted by atomic mass is 32.2. The van der Waals surface area contributed by atoms with Crippen LogP contribution < -0.4 is 21.7 Å². The van der Waals surface area contributed by atoms with Crippen molar-refractivity contribution < 1.29 is 24.3 Å². The number of benzene rings is 1. The Bertz CT molecular complexity index is 745. The van der Waals surface area contributed by atoms with E-state index in [1.165, 1.54) is 11.8 Å². The fourth-order valence-corrected chi connectivity index (χ4v) is 3.13. The molecule has 10 heteroatoms. The summed E-state index contributed by atoms with van der Waals surface area (Å²) in [4.78, 5) is 48.6. The van der Waals surface area contributed by atoms with Crippen molar-refractivity contribution in [3.63, 3.8) is 0 Å². The van der Waals surface area contributed by atoms with Crippen LogP contribution in [0.15, 0.2) is 30.3 Å². The van der Waals surface area contributed by atoms with Crippen LogP contribution in [0.5, 0.6) is 0 Å². The molecule has 9 nitrogen and oxygen atoms in total. The van der Waals surface area contributed by atoms with Gasteiger partial charge >= 0.3 is 5.97 Å². The van der Waals surface area contributed by atoms with Crippen LogP contribution in [0.4, 0.5) is 0 Å². The van der Waals surface area contributed by atoms with Crippen molar-refractivity contribution in [2.45, 2.75) is 44.8 Å². The normalized spacial score (nSPS) is 13.7. The molecular formula is C21H32N4O5S. The van der Waals surface area contributed by atoms with Gasteiger partial charge < -0.3 is 26.8 Å².